The summed E-state index contributed by atoms with van der Waals surface area (Å²) in [4.78, 5) is 24.4. The molecule has 0 saturated carbocycles. The maximum absolute atomic E-state index is 13.6. The molecule has 1 aliphatic heterocycles. The van der Waals surface area contributed by atoms with E-state index in [9.17, 15) is 26.8 Å². The summed E-state index contributed by atoms with van der Waals surface area (Å²) in [5.41, 5.74) is -0.373. The minimum Gasteiger partial charge on any atom is -0.449 e. The highest BCUT2D eigenvalue weighted by Crippen LogP contribution is 2.17. The first-order valence-electron chi connectivity index (χ1n) is 9.84. The molecule has 8 nitrogen and oxygen atoms in total. The molecule has 2 N–H and O–H groups in total. The van der Waals surface area contributed by atoms with Gasteiger partial charge in [0.05, 0.1) is 22.3 Å². The van der Waals surface area contributed by atoms with Crippen molar-refractivity contribution < 1.29 is 36.3 Å². The second kappa shape index (κ2) is 10.2. The van der Waals surface area contributed by atoms with Crippen molar-refractivity contribution in [3.05, 3.63) is 59.7 Å². The molecule has 0 aromatic heterocycles. The van der Waals surface area contributed by atoms with Crippen LogP contribution in [0.3, 0.4) is 0 Å². The van der Waals surface area contributed by atoms with Gasteiger partial charge >= 0.3 is 5.97 Å². The van der Waals surface area contributed by atoms with Gasteiger partial charge in [-0.25, -0.2) is 26.7 Å². The normalized spacial score (nSPS) is 17.0. The molecule has 2 aromatic rings. The van der Waals surface area contributed by atoms with Crippen molar-refractivity contribution in [3.63, 3.8) is 0 Å². The smallest absolute Gasteiger partial charge is 0.338 e. The lowest BCUT2D eigenvalue weighted by atomic mass is 10.2. The predicted molar refractivity (Wildman–Crippen MR) is 110 cm³/mol. The number of benzene rings is 2. The van der Waals surface area contributed by atoms with Crippen LogP contribution in [0, 0.1) is 11.6 Å². The molecule has 1 saturated heterocycles. The molecule has 0 radical (unpaired) electrons. The van der Waals surface area contributed by atoms with Crippen LogP contribution in [0.25, 0.3) is 0 Å². The first-order chi connectivity index (χ1) is 15.2. The summed E-state index contributed by atoms with van der Waals surface area (Å²) >= 11 is 0. The number of esters is 1. The zero-order chi connectivity index (χ0) is 23.3. The first-order valence-corrected chi connectivity index (χ1v) is 11.3. The third kappa shape index (κ3) is 6.09. The summed E-state index contributed by atoms with van der Waals surface area (Å²) in [6.07, 6.45) is 0.191. The predicted octanol–water partition coefficient (Wildman–Crippen LogP) is 2.61. The lowest BCUT2D eigenvalue weighted by Gasteiger charge is -2.14. The highest BCUT2D eigenvalue weighted by molar-refractivity contribution is 7.89. The molecule has 0 bridgehead atoms. The fraction of sp³-hybridized carbons (Fsp3) is 0.333. The van der Waals surface area contributed by atoms with E-state index in [4.69, 9.17) is 9.47 Å². The number of anilines is 1. The zero-order valence-corrected chi connectivity index (χ0v) is 18.0. The Morgan fingerprint density at radius 1 is 1.19 bits per heavy atom. The highest BCUT2D eigenvalue weighted by Gasteiger charge is 2.23. The molecule has 1 heterocycles. The van der Waals surface area contributed by atoms with E-state index in [0.717, 1.165) is 31.0 Å². The Morgan fingerprint density at radius 3 is 2.56 bits per heavy atom. The number of hydrogen-bond acceptors (Lipinski definition) is 6. The average molecular weight is 468 g/mol. The monoisotopic (exact) mass is 468 g/mol. The van der Waals surface area contributed by atoms with Crippen LogP contribution in [0.4, 0.5) is 14.5 Å². The minimum atomic E-state index is -3.78. The van der Waals surface area contributed by atoms with Crippen LogP contribution in [0.15, 0.2) is 47.4 Å². The first kappa shape index (κ1) is 23.8. The molecule has 0 spiro atoms. The van der Waals surface area contributed by atoms with Crippen LogP contribution in [0.5, 0.6) is 0 Å². The Kier molecular flexibility index (Phi) is 7.54. The van der Waals surface area contributed by atoms with Crippen molar-refractivity contribution in [2.45, 2.75) is 36.9 Å². The summed E-state index contributed by atoms with van der Waals surface area (Å²) in [6.45, 7) is 2.03. The molecule has 0 unspecified atom stereocenters. The third-order valence-corrected chi connectivity index (χ3v) is 6.20. The molecule has 1 amide bonds. The summed E-state index contributed by atoms with van der Waals surface area (Å²) in [6, 6.07) is 7.53. The van der Waals surface area contributed by atoms with Gasteiger partial charge in [0.25, 0.3) is 5.91 Å². The molecule has 2 atom stereocenters. The number of rotatable bonds is 8. The molecule has 32 heavy (non-hydrogen) atoms. The van der Waals surface area contributed by atoms with Crippen molar-refractivity contribution in [3.8, 4) is 0 Å². The number of halogens is 2. The maximum Gasteiger partial charge on any atom is 0.338 e. The van der Waals surface area contributed by atoms with Crippen LogP contribution in [0.1, 0.15) is 30.1 Å². The molecule has 172 valence electrons. The van der Waals surface area contributed by atoms with E-state index in [-0.39, 0.29) is 28.8 Å². The zero-order valence-electron chi connectivity index (χ0n) is 17.1. The quantitative estimate of drug-likeness (QED) is 0.577. The van der Waals surface area contributed by atoms with Crippen LogP contribution < -0.4 is 10.0 Å². The van der Waals surface area contributed by atoms with Crippen molar-refractivity contribution in [1.82, 2.24) is 4.72 Å². The Morgan fingerprint density at radius 2 is 1.91 bits per heavy atom. The Bertz CT molecular complexity index is 1090. The Hall–Kier alpha value is -2.89. The van der Waals surface area contributed by atoms with E-state index in [1.165, 1.54) is 31.2 Å². The average Bonchev–Trinajstić information content (AvgIpc) is 3.29. The lowest BCUT2D eigenvalue weighted by molar-refractivity contribution is -0.123. The molecular weight excluding hydrogens is 446 g/mol. The van der Waals surface area contributed by atoms with Crippen LogP contribution in [-0.2, 0) is 24.3 Å². The van der Waals surface area contributed by atoms with Gasteiger partial charge in [0.2, 0.25) is 10.0 Å². The van der Waals surface area contributed by atoms with E-state index in [2.05, 4.69) is 10.0 Å². The summed E-state index contributed by atoms with van der Waals surface area (Å²) in [7, 11) is -3.78. The van der Waals surface area contributed by atoms with Crippen LogP contribution in [0.2, 0.25) is 0 Å². The van der Waals surface area contributed by atoms with Crippen LogP contribution >= 0.6 is 0 Å². The van der Waals surface area contributed by atoms with Crippen LogP contribution in [-0.4, -0.2) is 45.7 Å². The number of sulfonamides is 1. The van der Waals surface area contributed by atoms with Gasteiger partial charge in [-0.2, -0.15) is 0 Å². The van der Waals surface area contributed by atoms with E-state index in [1.54, 1.807) is 0 Å². The number of amides is 1. The minimum absolute atomic E-state index is 0.0136. The van der Waals surface area contributed by atoms with Gasteiger partial charge in [0.15, 0.2) is 6.10 Å². The van der Waals surface area contributed by atoms with Gasteiger partial charge in [-0.3, -0.25) is 4.79 Å². The molecule has 0 aliphatic carbocycles. The summed E-state index contributed by atoms with van der Waals surface area (Å²) in [5, 5.41) is 2.14. The third-order valence-electron chi connectivity index (χ3n) is 4.76. The summed E-state index contributed by atoms with van der Waals surface area (Å²) in [5.74, 6) is -3.33. The number of hydrogen-bond donors (Lipinski definition) is 2. The molecule has 2 aromatic carbocycles. The number of carbonyl (C=O) groups excluding carboxylic acids is 2. The van der Waals surface area contributed by atoms with Gasteiger partial charge in [0.1, 0.15) is 11.6 Å². The van der Waals surface area contributed by atoms with Crippen molar-refractivity contribution in [1.29, 1.82) is 0 Å². The van der Waals surface area contributed by atoms with Gasteiger partial charge in [-0.05, 0) is 56.2 Å². The van der Waals surface area contributed by atoms with E-state index >= 15 is 0 Å². The topological polar surface area (TPSA) is 111 Å². The molecule has 1 fully saturated rings. The van der Waals surface area contributed by atoms with Crippen molar-refractivity contribution in [2.24, 2.45) is 0 Å². The maximum atomic E-state index is 13.6. The van der Waals surface area contributed by atoms with Gasteiger partial charge < -0.3 is 14.8 Å². The van der Waals surface area contributed by atoms with Crippen molar-refractivity contribution >= 4 is 27.6 Å². The molecule has 3 rings (SSSR count). The van der Waals surface area contributed by atoms with E-state index < -0.39 is 39.6 Å². The van der Waals surface area contributed by atoms with E-state index in [0.29, 0.717) is 6.61 Å². The SMILES string of the molecule is C[C@H](OC(=O)c1ccc(S(=O)(=O)NC[C@H]2CCCO2)cc1)C(=O)Nc1cc(F)ccc1F. The lowest BCUT2D eigenvalue weighted by Crippen LogP contribution is -2.32. The molecular formula is C21H22F2N2O6S. The number of ether oxygens (including phenoxy) is 2. The van der Waals surface area contributed by atoms with Gasteiger partial charge in [0, 0.05) is 19.2 Å². The summed E-state index contributed by atoms with van der Waals surface area (Å²) < 4.78 is 64.5. The van der Waals surface area contributed by atoms with Gasteiger partial charge in [-0.15, -0.1) is 0 Å². The Balaban J connectivity index is 1.57. The largest absolute Gasteiger partial charge is 0.449 e. The Labute approximate surface area is 184 Å². The van der Waals surface area contributed by atoms with Gasteiger partial charge in [-0.1, -0.05) is 0 Å². The fourth-order valence-electron chi connectivity index (χ4n) is 2.97. The number of nitrogens with one attached hydrogen (secondary N) is 2. The second-order valence-electron chi connectivity index (χ2n) is 7.17. The highest BCUT2D eigenvalue weighted by atomic mass is 32.2. The standard InChI is InChI=1S/C21H22F2N2O6S/c1-13(20(26)25-19-11-15(22)6-9-18(19)23)31-21(27)14-4-7-17(8-5-14)32(28,29)24-12-16-3-2-10-30-16/h4-9,11,13,16,24H,2-3,10,12H2,1H3,(H,25,26)/t13-,16+/m0/s1. The van der Waals surface area contributed by atoms with Crippen molar-refractivity contribution in [2.75, 3.05) is 18.5 Å². The molecule has 1 aliphatic rings. The second-order valence-corrected chi connectivity index (χ2v) is 8.94. The molecule has 11 heteroatoms. The fourth-order valence-corrected chi connectivity index (χ4v) is 4.04. The number of carbonyl (C=O) groups is 2. The van der Waals surface area contributed by atoms with E-state index in [1.807, 2.05) is 0 Å².